The van der Waals surface area contributed by atoms with E-state index in [9.17, 15) is 4.79 Å². The number of hydrogen-bond donors (Lipinski definition) is 1. The zero-order valence-electron chi connectivity index (χ0n) is 16.0. The Kier molecular flexibility index (Phi) is 5.68. The highest BCUT2D eigenvalue weighted by atomic mass is 32.1. The second-order valence-electron chi connectivity index (χ2n) is 6.30. The Morgan fingerprint density at radius 3 is 2.28 bits per heavy atom. The number of nitrogens with one attached hydrogen (secondary N) is 1. The number of nitrogens with zero attached hydrogens (tertiary/aromatic N) is 1. The van der Waals surface area contributed by atoms with Crippen molar-refractivity contribution in [2.24, 2.45) is 0 Å². The van der Waals surface area contributed by atoms with Crippen LogP contribution in [0.25, 0.3) is 22.4 Å². The molecule has 0 radical (unpaired) electrons. The topological polar surface area (TPSA) is 51.2 Å². The minimum atomic E-state index is -0.324. The van der Waals surface area contributed by atoms with E-state index in [2.05, 4.69) is 10.3 Å². The maximum Gasteiger partial charge on any atom is 0.349 e. The summed E-state index contributed by atoms with van der Waals surface area (Å²) in [6, 6.07) is 25.6. The van der Waals surface area contributed by atoms with Crippen LogP contribution >= 0.6 is 11.3 Å². The van der Waals surface area contributed by atoms with E-state index in [1.54, 1.807) is 6.20 Å². The van der Waals surface area contributed by atoms with Gasteiger partial charge in [0.1, 0.15) is 9.88 Å². The summed E-state index contributed by atoms with van der Waals surface area (Å²) in [7, 11) is 0. The molecular weight excluding hydrogens is 380 g/mol. The minimum absolute atomic E-state index is 0.324. The van der Waals surface area contributed by atoms with Crippen molar-refractivity contribution in [3.8, 4) is 22.4 Å². The van der Waals surface area contributed by atoms with Gasteiger partial charge in [0.05, 0.1) is 12.3 Å². The fraction of sp³-hybridized carbons (Fsp3) is 0.0833. The van der Waals surface area contributed by atoms with E-state index in [4.69, 9.17) is 4.74 Å². The van der Waals surface area contributed by atoms with Gasteiger partial charge in [-0.25, -0.2) is 4.79 Å². The van der Waals surface area contributed by atoms with Gasteiger partial charge >= 0.3 is 5.97 Å². The average molecular weight is 401 g/mol. The molecule has 4 rings (SSSR count). The quantitative estimate of drug-likeness (QED) is 0.381. The maximum absolute atomic E-state index is 12.8. The molecule has 0 aliphatic heterocycles. The Bertz CT molecular complexity index is 1090. The summed E-state index contributed by atoms with van der Waals surface area (Å²) in [5.41, 5.74) is 4.44. The van der Waals surface area contributed by atoms with Crippen LogP contribution in [0.4, 0.5) is 10.7 Å². The molecule has 4 nitrogen and oxygen atoms in total. The zero-order valence-corrected chi connectivity index (χ0v) is 16.8. The van der Waals surface area contributed by atoms with E-state index < -0.39 is 0 Å². The molecule has 144 valence electrons. The zero-order chi connectivity index (χ0) is 20.1. The fourth-order valence-electron chi connectivity index (χ4n) is 3.15. The van der Waals surface area contributed by atoms with Gasteiger partial charge < -0.3 is 10.1 Å². The number of hydrogen-bond acceptors (Lipinski definition) is 5. The molecule has 0 spiro atoms. The summed E-state index contributed by atoms with van der Waals surface area (Å²) in [5.74, 6) is -0.324. The van der Waals surface area contributed by atoms with Crippen LogP contribution in [0.2, 0.25) is 0 Å². The highest BCUT2D eigenvalue weighted by molar-refractivity contribution is 7.19. The van der Waals surface area contributed by atoms with Crippen LogP contribution < -0.4 is 5.32 Å². The smallest absolute Gasteiger partial charge is 0.349 e. The third-order valence-corrected chi connectivity index (χ3v) is 5.47. The molecule has 0 fully saturated rings. The van der Waals surface area contributed by atoms with Crippen molar-refractivity contribution in [1.29, 1.82) is 0 Å². The van der Waals surface area contributed by atoms with Crippen molar-refractivity contribution in [1.82, 2.24) is 4.98 Å². The van der Waals surface area contributed by atoms with E-state index in [0.29, 0.717) is 11.5 Å². The monoisotopic (exact) mass is 400 g/mol. The highest BCUT2D eigenvalue weighted by Crippen LogP contribution is 2.47. The summed E-state index contributed by atoms with van der Waals surface area (Å²) in [5, 5.41) is 4.33. The number of pyridine rings is 1. The lowest BCUT2D eigenvalue weighted by molar-refractivity contribution is 0.0533. The number of carbonyl (C=O) groups is 1. The Balaban J connectivity index is 1.96. The van der Waals surface area contributed by atoms with Crippen molar-refractivity contribution in [3.63, 3.8) is 0 Å². The number of aromatic nitrogens is 1. The number of para-hydroxylation sites is 1. The number of carbonyl (C=O) groups excluding carboxylic acids is 1. The molecule has 2 heterocycles. The molecule has 4 aromatic rings. The van der Waals surface area contributed by atoms with Gasteiger partial charge in [0.2, 0.25) is 0 Å². The molecule has 0 amide bonds. The van der Waals surface area contributed by atoms with Crippen LogP contribution in [0.15, 0.2) is 85.1 Å². The van der Waals surface area contributed by atoms with Crippen LogP contribution in [0, 0.1) is 0 Å². The first-order chi connectivity index (χ1) is 14.3. The lowest BCUT2D eigenvalue weighted by Gasteiger charge is -2.10. The van der Waals surface area contributed by atoms with Gasteiger partial charge in [0.25, 0.3) is 0 Å². The van der Waals surface area contributed by atoms with Crippen molar-refractivity contribution >= 4 is 28.0 Å². The second-order valence-corrected chi connectivity index (χ2v) is 7.32. The van der Waals surface area contributed by atoms with E-state index >= 15 is 0 Å². The average Bonchev–Trinajstić information content (AvgIpc) is 3.15. The summed E-state index contributed by atoms with van der Waals surface area (Å²) in [6.45, 7) is 2.14. The largest absolute Gasteiger partial charge is 0.462 e. The number of ether oxygens (including phenoxy) is 1. The molecular formula is C24H20N2O2S. The molecule has 2 aromatic carbocycles. The molecule has 29 heavy (non-hydrogen) atoms. The SMILES string of the molecule is CCOC(=O)c1sc(Nc2ccccc2)c(-c2ccccn2)c1-c1ccccc1. The standard InChI is InChI=1S/C24H20N2O2S/c1-2-28-24(27)22-20(17-11-5-3-6-12-17)21(19-15-9-10-16-25-19)23(29-22)26-18-13-7-4-8-14-18/h3-16,26H,2H2,1H3. The van der Waals surface area contributed by atoms with Gasteiger partial charge in [-0.1, -0.05) is 54.6 Å². The summed E-state index contributed by atoms with van der Waals surface area (Å²) in [4.78, 5) is 18.0. The van der Waals surface area contributed by atoms with Gasteiger partial charge in [0.15, 0.2) is 0 Å². The Morgan fingerprint density at radius 1 is 0.931 bits per heavy atom. The highest BCUT2D eigenvalue weighted by Gasteiger charge is 2.26. The van der Waals surface area contributed by atoms with Crippen molar-refractivity contribution < 1.29 is 9.53 Å². The van der Waals surface area contributed by atoms with Gasteiger partial charge in [-0.05, 0) is 36.8 Å². The number of thiophene rings is 1. The van der Waals surface area contributed by atoms with Crippen LogP contribution in [0.3, 0.4) is 0 Å². The third-order valence-electron chi connectivity index (χ3n) is 4.38. The maximum atomic E-state index is 12.8. The third kappa shape index (κ3) is 4.05. The fourth-order valence-corrected chi connectivity index (χ4v) is 4.29. The molecule has 5 heteroatoms. The number of benzene rings is 2. The summed E-state index contributed by atoms with van der Waals surface area (Å²) in [6.07, 6.45) is 1.76. The summed E-state index contributed by atoms with van der Waals surface area (Å²) >= 11 is 1.39. The van der Waals surface area contributed by atoms with Gasteiger partial charge in [-0.15, -0.1) is 11.3 Å². The van der Waals surface area contributed by atoms with Crippen LogP contribution in [0.5, 0.6) is 0 Å². The first-order valence-electron chi connectivity index (χ1n) is 9.40. The van der Waals surface area contributed by atoms with Crippen molar-refractivity contribution in [2.75, 3.05) is 11.9 Å². The van der Waals surface area contributed by atoms with Crippen molar-refractivity contribution in [2.45, 2.75) is 6.92 Å². The summed E-state index contributed by atoms with van der Waals surface area (Å²) < 4.78 is 5.37. The predicted octanol–water partition coefficient (Wildman–Crippen LogP) is 6.40. The van der Waals surface area contributed by atoms with Gasteiger partial charge in [-0.3, -0.25) is 4.98 Å². The number of esters is 1. The molecule has 0 aliphatic rings. The molecule has 0 unspecified atom stereocenters. The Labute approximate surface area is 173 Å². The molecule has 0 saturated heterocycles. The number of rotatable bonds is 6. The van der Waals surface area contributed by atoms with Gasteiger partial charge in [-0.2, -0.15) is 0 Å². The van der Waals surface area contributed by atoms with E-state index in [0.717, 1.165) is 33.1 Å². The van der Waals surface area contributed by atoms with Crippen LogP contribution in [0.1, 0.15) is 16.6 Å². The molecule has 2 aromatic heterocycles. The van der Waals surface area contributed by atoms with E-state index in [-0.39, 0.29) is 5.97 Å². The normalized spacial score (nSPS) is 10.5. The molecule has 0 aliphatic carbocycles. The van der Waals surface area contributed by atoms with Crippen LogP contribution in [-0.4, -0.2) is 17.6 Å². The lowest BCUT2D eigenvalue weighted by Crippen LogP contribution is -2.04. The number of anilines is 2. The Hall–Kier alpha value is -3.44. The second kappa shape index (κ2) is 8.71. The van der Waals surface area contributed by atoms with Crippen molar-refractivity contribution in [3.05, 3.63) is 89.9 Å². The first kappa shape index (κ1) is 18.9. The Morgan fingerprint density at radius 2 is 1.62 bits per heavy atom. The molecule has 0 atom stereocenters. The molecule has 1 N–H and O–H groups in total. The predicted molar refractivity (Wildman–Crippen MR) is 119 cm³/mol. The molecule has 0 bridgehead atoms. The van der Waals surface area contributed by atoms with E-state index in [1.807, 2.05) is 85.8 Å². The van der Waals surface area contributed by atoms with Crippen LogP contribution in [-0.2, 0) is 4.74 Å². The molecule has 0 saturated carbocycles. The minimum Gasteiger partial charge on any atom is -0.462 e. The first-order valence-corrected chi connectivity index (χ1v) is 10.2. The van der Waals surface area contributed by atoms with E-state index in [1.165, 1.54) is 11.3 Å². The van der Waals surface area contributed by atoms with Gasteiger partial charge in [0, 0.05) is 23.0 Å². The lowest BCUT2D eigenvalue weighted by atomic mass is 9.98.